The minimum atomic E-state index is -4.45. The molecule has 1 fully saturated rings. The number of nitrogens with zero attached hydrogens (tertiary/aromatic N) is 1. The van der Waals surface area contributed by atoms with Crippen molar-refractivity contribution in [3.63, 3.8) is 0 Å². The van der Waals surface area contributed by atoms with Crippen LogP contribution in [0.15, 0.2) is 18.3 Å². The van der Waals surface area contributed by atoms with Gasteiger partial charge < -0.3 is 10.1 Å². The summed E-state index contributed by atoms with van der Waals surface area (Å²) in [7, 11) is 0. The average molecular weight is 359 g/mol. The highest BCUT2D eigenvalue weighted by Crippen LogP contribution is 2.31. The van der Waals surface area contributed by atoms with Gasteiger partial charge in [0.2, 0.25) is 5.91 Å². The zero-order valence-corrected chi connectivity index (χ0v) is 14.1. The molecular formula is C16H20F3N3O3. The number of aromatic nitrogens is 1. The van der Waals surface area contributed by atoms with Crippen LogP contribution in [0, 0.1) is 5.92 Å². The van der Waals surface area contributed by atoms with Gasteiger partial charge in [0.25, 0.3) is 0 Å². The smallest absolute Gasteiger partial charge is 0.413 e. The molecule has 0 aliphatic carbocycles. The molecule has 0 radical (unpaired) electrons. The zero-order valence-electron chi connectivity index (χ0n) is 14.1. The fourth-order valence-electron chi connectivity index (χ4n) is 2.49. The van der Waals surface area contributed by atoms with Crippen LogP contribution in [0.4, 0.5) is 23.8 Å². The molecule has 0 bridgehead atoms. The molecule has 2 amide bonds. The van der Waals surface area contributed by atoms with Crippen LogP contribution in [0.2, 0.25) is 0 Å². The quantitative estimate of drug-likeness (QED) is 0.869. The molecule has 25 heavy (non-hydrogen) atoms. The molecule has 0 unspecified atom stereocenters. The fourth-order valence-corrected chi connectivity index (χ4v) is 2.49. The van der Waals surface area contributed by atoms with E-state index in [-0.39, 0.29) is 18.7 Å². The van der Waals surface area contributed by atoms with Crippen LogP contribution in [-0.4, -0.2) is 34.8 Å². The average Bonchev–Trinajstić information content (AvgIpc) is 2.78. The first-order valence-corrected chi connectivity index (χ1v) is 7.76. The van der Waals surface area contributed by atoms with Crippen LogP contribution in [0.3, 0.4) is 0 Å². The third kappa shape index (κ3) is 5.61. The van der Waals surface area contributed by atoms with Gasteiger partial charge in [-0.15, -0.1) is 0 Å². The van der Waals surface area contributed by atoms with E-state index in [1.54, 1.807) is 26.8 Å². The number of pyridine rings is 1. The molecule has 2 heterocycles. The molecule has 2 atom stereocenters. The molecule has 2 rings (SSSR count). The number of anilines is 1. The highest BCUT2D eigenvalue weighted by Gasteiger charge is 2.47. The van der Waals surface area contributed by atoms with Crippen molar-refractivity contribution >= 4 is 17.8 Å². The van der Waals surface area contributed by atoms with Gasteiger partial charge in [-0.25, -0.2) is 9.78 Å². The van der Waals surface area contributed by atoms with Crippen molar-refractivity contribution in [1.29, 1.82) is 0 Å². The van der Waals surface area contributed by atoms with E-state index >= 15 is 0 Å². The van der Waals surface area contributed by atoms with Crippen molar-refractivity contribution < 1.29 is 27.5 Å². The molecule has 2 N–H and O–H groups in total. The molecule has 1 aromatic rings. The van der Waals surface area contributed by atoms with Crippen molar-refractivity contribution in [2.45, 2.75) is 51.4 Å². The maximum atomic E-state index is 12.7. The summed E-state index contributed by atoms with van der Waals surface area (Å²) in [5.41, 5.74) is -0.0694. The number of rotatable bonds is 3. The van der Waals surface area contributed by atoms with E-state index in [0.29, 0.717) is 5.56 Å². The van der Waals surface area contributed by atoms with Crippen molar-refractivity contribution in [3.8, 4) is 0 Å². The van der Waals surface area contributed by atoms with Crippen LogP contribution >= 0.6 is 0 Å². The van der Waals surface area contributed by atoms with Crippen molar-refractivity contribution in [2.24, 2.45) is 5.92 Å². The lowest BCUT2D eigenvalue weighted by Gasteiger charge is -2.19. The van der Waals surface area contributed by atoms with E-state index in [1.165, 1.54) is 12.3 Å². The summed E-state index contributed by atoms with van der Waals surface area (Å²) in [5, 5.41) is 4.42. The highest BCUT2D eigenvalue weighted by molar-refractivity contribution is 5.84. The van der Waals surface area contributed by atoms with Crippen LogP contribution in [0.25, 0.3) is 0 Å². The van der Waals surface area contributed by atoms with E-state index in [0.717, 1.165) is 0 Å². The molecule has 138 valence electrons. The first kappa shape index (κ1) is 19.0. The Hall–Kier alpha value is -2.32. The third-order valence-electron chi connectivity index (χ3n) is 3.54. The van der Waals surface area contributed by atoms with E-state index in [2.05, 4.69) is 10.3 Å². The number of amides is 2. The number of ether oxygens (including phenoxy) is 1. The predicted molar refractivity (Wildman–Crippen MR) is 83.9 cm³/mol. The number of hydrogen-bond acceptors (Lipinski definition) is 4. The van der Waals surface area contributed by atoms with Crippen molar-refractivity contribution in [3.05, 3.63) is 23.9 Å². The largest absolute Gasteiger partial charge is 0.444 e. The summed E-state index contributed by atoms with van der Waals surface area (Å²) in [4.78, 5) is 27.4. The normalized spacial score (nSPS) is 21.0. The Labute approximate surface area is 143 Å². The molecule has 6 nitrogen and oxygen atoms in total. The molecule has 1 aliphatic heterocycles. The Morgan fingerprint density at radius 1 is 1.40 bits per heavy atom. The second-order valence-electron chi connectivity index (χ2n) is 6.92. The lowest BCUT2D eigenvalue weighted by molar-refractivity contribution is -0.154. The first-order chi connectivity index (χ1) is 11.4. The van der Waals surface area contributed by atoms with Gasteiger partial charge >= 0.3 is 12.3 Å². The predicted octanol–water partition coefficient (Wildman–Crippen LogP) is 3.04. The third-order valence-corrected chi connectivity index (χ3v) is 3.54. The Morgan fingerprint density at radius 3 is 2.64 bits per heavy atom. The second-order valence-corrected chi connectivity index (χ2v) is 6.92. The van der Waals surface area contributed by atoms with Crippen molar-refractivity contribution in [1.82, 2.24) is 10.3 Å². The monoisotopic (exact) mass is 359 g/mol. The van der Waals surface area contributed by atoms with Crippen LogP contribution in [-0.2, 0) is 16.0 Å². The number of halogens is 3. The second kappa shape index (κ2) is 6.89. The summed E-state index contributed by atoms with van der Waals surface area (Å²) in [6, 6.07) is 1.29. The minimum Gasteiger partial charge on any atom is -0.444 e. The van der Waals surface area contributed by atoms with Gasteiger partial charge in [-0.2, -0.15) is 13.2 Å². The molecule has 1 saturated heterocycles. The van der Waals surface area contributed by atoms with E-state index in [9.17, 15) is 22.8 Å². The van der Waals surface area contributed by atoms with Crippen molar-refractivity contribution in [2.75, 3.05) is 5.32 Å². The number of carbonyl (C=O) groups excluding carboxylic acids is 2. The number of carbonyl (C=O) groups is 2. The SMILES string of the molecule is CC(C)(C)OC(=O)Nc1cc(C[C@@H]2C[C@@H](C(F)(F)F)NC2=O)ccn1. The lowest BCUT2D eigenvalue weighted by atomic mass is 9.96. The molecular weight excluding hydrogens is 339 g/mol. The number of nitrogens with one attached hydrogen (secondary N) is 2. The van der Waals surface area contributed by atoms with Gasteiger partial charge in [0, 0.05) is 12.1 Å². The molecule has 0 spiro atoms. The molecule has 0 aromatic carbocycles. The Kier molecular flexibility index (Phi) is 5.24. The van der Waals surface area contributed by atoms with Gasteiger partial charge in [-0.1, -0.05) is 0 Å². The minimum absolute atomic E-state index is 0.129. The summed E-state index contributed by atoms with van der Waals surface area (Å²) in [6.07, 6.45) is -3.90. The summed E-state index contributed by atoms with van der Waals surface area (Å²) in [6.45, 7) is 5.14. The van der Waals surface area contributed by atoms with Gasteiger partial charge in [0.15, 0.2) is 0 Å². The van der Waals surface area contributed by atoms with Crippen LogP contribution in [0.5, 0.6) is 0 Å². The molecule has 1 aliphatic rings. The van der Waals surface area contributed by atoms with Gasteiger partial charge in [-0.05, 0) is 51.3 Å². The standard InChI is InChI=1S/C16H20F3N3O3/c1-15(2,3)25-14(24)22-12-7-9(4-5-20-12)6-10-8-11(16(17,18)19)21-13(10)23/h4-5,7,10-11H,6,8H2,1-3H3,(H,21,23)(H,20,22,24)/t10-,11+/m1/s1. The van der Waals surface area contributed by atoms with E-state index < -0.39 is 35.7 Å². The number of hydrogen-bond donors (Lipinski definition) is 2. The Bertz CT molecular complexity index is 656. The zero-order chi connectivity index (χ0) is 18.8. The number of alkyl halides is 3. The van der Waals surface area contributed by atoms with Gasteiger partial charge in [0.05, 0.1) is 0 Å². The summed E-state index contributed by atoms with van der Waals surface area (Å²) < 4.78 is 43.2. The topological polar surface area (TPSA) is 80.3 Å². The summed E-state index contributed by atoms with van der Waals surface area (Å²) in [5.74, 6) is -1.19. The molecule has 9 heteroatoms. The lowest BCUT2D eigenvalue weighted by Crippen LogP contribution is -2.38. The van der Waals surface area contributed by atoms with Gasteiger partial charge in [-0.3, -0.25) is 10.1 Å². The molecule has 0 saturated carbocycles. The fraction of sp³-hybridized carbons (Fsp3) is 0.562. The highest BCUT2D eigenvalue weighted by atomic mass is 19.4. The maximum Gasteiger partial charge on any atom is 0.413 e. The van der Waals surface area contributed by atoms with E-state index in [4.69, 9.17) is 4.74 Å². The summed E-state index contributed by atoms with van der Waals surface area (Å²) >= 11 is 0. The first-order valence-electron chi connectivity index (χ1n) is 7.76. The van der Waals surface area contributed by atoms with Crippen LogP contribution < -0.4 is 10.6 Å². The maximum absolute atomic E-state index is 12.7. The Morgan fingerprint density at radius 2 is 2.08 bits per heavy atom. The Balaban J connectivity index is 2.00. The van der Waals surface area contributed by atoms with Crippen LogP contribution in [0.1, 0.15) is 32.8 Å². The van der Waals surface area contributed by atoms with Gasteiger partial charge in [0.1, 0.15) is 17.5 Å². The van der Waals surface area contributed by atoms with E-state index in [1.807, 2.05) is 5.32 Å². The molecule has 1 aromatic heterocycles.